The maximum atomic E-state index is 13.0. The normalized spacial score (nSPS) is 17.7. The van der Waals surface area contributed by atoms with E-state index in [9.17, 15) is 9.59 Å². The van der Waals surface area contributed by atoms with Crippen molar-refractivity contribution in [1.82, 2.24) is 10.2 Å². The first-order valence-corrected chi connectivity index (χ1v) is 11.8. The third-order valence-corrected chi connectivity index (χ3v) is 6.82. The van der Waals surface area contributed by atoms with Crippen LogP contribution in [0.3, 0.4) is 0 Å². The maximum absolute atomic E-state index is 13.0. The van der Waals surface area contributed by atoms with Crippen LogP contribution in [0.5, 0.6) is 0 Å². The van der Waals surface area contributed by atoms with Gasteiger partial charge >= 0.3 is 5.97 Å². The molecule has 0 radical (unpaired) electrons. The molecule has 1 fully saturated rings. The molecule has 2 aromatic carbocycles. The lowest BCUT2D eigenvalue weighted by Gasteiger charge is -2.31. The molecule has 0 spiro atoms. The van der Waals surface area contributed by atoms with Crippen molar-refractivity contribution < 1.29 is 14.3 Å². The number of methoxy groups -OCH3 is 1. The van der Waals surface area contributed by atoms with Crippen LogP contribution in [0.15, 0.2) is 53.4 Å². The summed E-state index contributed by atoms with van der Waals surface area (Å²) in [6.45, 7) is 7.75. The lowest BCUT2D eigenvalue weighted by Crippen LogP contribution is -2.34. The second-order valence-corrected chi connectivity index (χ2v) is 9.60. The average Bonchev–Trinajstić information content (AvgIpc) is 2.78. The van der Waals surface area contributed by atoms with Crippen LogP contribution in [0.2, 0.25) is 0 Å². The van der Waals surface area contributed by atoms with Crippen molar-refractivity contribution in [2.45, 2.75) is 49.9 Å². The molecule has 1 amide bonds. The number of hydrogen-bond acceptors (Lipinski definition) is 5. The van der Waals surface area contributed by atoms with Crippen LogP contribution in [0.4, 0.5) is 0 Å². The number of esters is 1. The van der Waals surface area contributed by atoms with Crippen molar-refractivity contribution in [2.75, 3.05) is 20.2 Å². The second-order valence-electron chi connectivity index (χ2n) is 8.21. The molecule has 2 unspecified atom stereocenters. The molecule has 0 aliphatic carbocycles. The van der Waals surface area contributed by atoms with E-state index in [1.54, 1.807) is 13.0 Å². The van der Waals surface area contributed by atoms with Crippen molar-refractivity contribution in [1.29, 1.82) is 0 Å². The van der Waals surface area contributed by atoms with Gasteiger partial charge in [0, 0.05) is 24.5 Å². The molecule has 1 N–H and O–H groups in total. The van der Waals surface area contributed by atoms with Crippen LogP contribution >= 0.6 is 11.8 Å². The van der Waals surface area contributed by atoms with Crippen LogP contribution in [0, 0.1) is 5.92 Å². The summed E-state index contributed by atoms with van der Waals surface area (Å²) in [6, 6.07) is 15.7. The minimum Gasteiger partial charge on any atom is -0.468 e. The van der Waals surface area contributed by atoms with Gasteiger partial charge in [-0.2, -0.15) is 0 Å². The molecule has 2 atom stereocenters. The number of nitrogens with one attached hydrogen (secondary N) is 1. The van der Waals surface area contributed by atoms with Crippen LogP contribution in [0.25, 0.3) is 0 Å². The number of likely N-dealkylation sites (tertiary alicyclic amines) is 1. The summed E-state index contributed by atoms with van der Waals surface area (Å²) >= 11 is 1.34. The quantitative estimate of drug-likeness (QED) is 0.484. The Balaban J connectivity index is 1.66. The van der Waals surface area contributed by atoms with Gasteiger partial charge in [-0.1, -0.05) is 43.3 Å². The Labute approximate surface area is 189 Å². The van der Waals surface area contributed by atoms with Gasteiger partial charge < -0.3 is 10.1 Å². The third-order valence-electron chi connectivity index (χ3n) is 5.66. The van der Waals surface area contributed by atoms with Crippen LogP contribution in [-0.4, -0.2) is 42.2 Å². The molecule has 1 aliphatic heterocycles. The highest BCUT2D eigenvalue weighted by molar-refractivity contribution is 8.00. The van der Waals surface area contributed by atoms with Crippen molar-refractivity contribution >= 4 is 23.6 Å². The highest BCUT2D eigenvalue weighted by atomic mass is 32.2. The molecule has 31 heavy (non-hydrogen) atoms. The Morgan fingerprint density at radius 2 is 1.87 bits per heavy atom. The number of carbonyl (C=O) groups is 2. The van der Waals surface area contributed by atoms with Gasteiger partial charge in [0.1, 0.15) is 5.25 Å². The number of hydrogen-bond donors (Lipinski definition) is 1. The fourth-order valence-electron chi connectivity index (χ4n) is 3.99. The zero-order valence-electron chi connectivity index (χ0n) is 18.6. The summed E-state index contributed by atoms with van der Waals surface area (Å²) in [6.07, 6.45) is 2.55. The topological polar surface area (TPSA) is 58.6 Å². The molecule has 1 saturated heterocycles. The number of piperidine rings is 1. The lowest BCUT2D eigenvalue weighted by molar-refractivity contribution is -0.139. The summed E-state index contributed by atoms with van der Waals surface area (Å²) in [7, 11) is 1.37. The van der Waals surface area contributed by atoms with Gasteiger partial charge in [0.15, 0.2) is 0 Å². The van der Waals surface area contributed by atoms with Gasteiger partial charge in [-0.05, 0) is 55.5 Å². The van der Waals surface area contributed by atoms with E-state index in [4.69, 9.17) is 4.74 Å². The molecule has 2 aromatic rings. The van der Waals surface area contributed by atoms with Gasteiger partial charge in [-0.3, -0.25) is 14.5 Å². The Bertz CT molecular complexity index is 902. The smallest absolute Gasteiger partial charge is 0.318 e. The lowest BCUT2D eigenvalue weighted by atomic mass is 9.99. The van der Waals surface area contributed by atoms with Gasteiger partial charge in [0.2, 0.25) is 0 Å². The van der Waals surface area contributed by atoms with E-state index in [1.807, 2.05) is 24.3 Å². The Hall–Kier alpha value is -2.31. The van der Waals surface area contributed by atoms with E-state index in [1.165, 1.54) is 37.3 Å². The summed E-state index contributed by atoms with van der Waals surface area (Å²) in [5.41, 5.74) is 2.98. The van der Waals surface area contributed by atoms with Crippen molar-refractivity contribution in [3.63, 3.8) is 0 Å². The van der Waals surface area contributed by atoms with Crippen molar-refractivity contribution in [2.24, 2.45) is 5.92 Å². The monoisotopic (exact) mass is 440 g/mol. The first kappa shape index (κ1) is 23.4. The van der Waals surface area contributed by atoms with Gasteiger partial charge in [-0.25, -0.2) is 0 Å². The number of ether oxygens (including phenoxy) is 1. The summed E-state index contributed by atoms with van der Waals surface area (Å²) in [5, 5.41) is 2.69. The number of rotatable bonds is 8. The largest absolute Gasteiger partial charge is 0.468 e. The van der Waals surface area contributed by atoms with E-state index >= 15 is 0 Å². The SMILES string of the molecule is COC(=O)C(C)Sc1ccccc1C(=O)NCc1ccccc1CN1CCCC(C)C1. The van der Waals surface area contributed by atoms with Gasteiger partial charge in [0.25, 0.3) is 5.91 Å². The standard InChI is InChI=1S/C25H32N2O3S/c1-18-9-8-14-27(16-18)17-21-11-5-4-10-20(21)15-26-24(28)22-12-6-7-13-23(22)31-19(2)25(29)30-3/h4-7,10-13,18-19H,8-9,14-17H2,1-3H3,(H,26,28). The van der Waals surface area contributed by atoms with Crippen molar-refractivity contribution in [3.05, 3.63) is 65.2 Å². The third kappa shape index (κ3) is 6.58. The Morgan fingerprint density at radius 1 is 1.16 bits per heavy atom. The minimum atomic E-state index is -0.383. The van der Waals surface area contributed by atoms with E-state index in [-0.39, 0.29) is 17.1 Å². The van der Waals surface area contributed by atoms with Crippen LogP contribution in [-0.2, 0) is 22.6 Å². The summed E-state index contributed by atoms with van der Waals surface area (Å²) < 4.78 is 4.81. The van der Waals surface area contributed by atoms with E-state index in [0.717, 1.165) is 36.0 Å². The first-order chi connectivity index (χ1) is 15.0. The Morgan fingerprint density at radius 3 is 2.61 bits per heavy atom. The van der Waals surface area contributed by atoms with Gasteiger partial charge in [-0.15, -0.1) is 11.8 Å². The molecule has 0 bridgehead atoms. The number of benzene rings is 2. The van der Waals surface area contributed by atoms with Crippen LogP contribution < -0.4 is 5.32 Å². The zero-order valence-corrected chi connectivity index (χ0v) is 19.4. The molecular weight excluding hydrogens is 408 g/mol. The fourth-order valence-corrected chi connectivity index (χ4v) is 5.01. The van der Waals surface area contributed by atoms with E-state index < -0.39 is 0 Å². The van der Waals surface area contributed by atoms with Gasteiger partial charge in [0.05, 0.1) is 12.7 Å². The molecule has 6 heteroatoms. The number of carbonyl (C=O) groups excluding carboxylic acids is 2. The highest BCUT2D eigenvalue weighted by Crippen LogP contribution is 2.27. The molecular formula is C25H32N2O3S. The van der Waals surface area contributed by atoms with E-state index in [0.29, 0.717) is 12.1 Å². The second kappa shape index (κ2) is 11.3. The molecule has 3 rings (SSSR count). The molecule has 1 heterocycles. The number of thioether (sulfide) groups is 1. The minimum absolute atomic E-state index is 0.137. The fraction of sp³-hybridized carbons (Fsp3) is 0.440. The molecule has 166 valence electrons. The molecule has 0 saturated carbocycles. The van der Waals surface area contributed by atoms with Crippen molar-refractivity contribution in [3.8, 4) is 0 Å². The summed E-state index contributed by atoms with van der Waals surface area (Å²) in [4.78, 5) is 28.0. The average molecular weight is 441 g/mol. The molecule has 5 nitrogen and oxygen atoms in total. The maximum Gasteiger partial charge on any atom is 0.318 e. The number of nitrogens with zero attached hydrogens (tertiary/aromatic N) is 1. The zero-order chi connectivity index (χ0) is 22.2. The highest BCUT2D eigenvalue weighted by Gasteiger charge is 2.20. The predicted molar refractivity (Wildman–Crippen MR) is 125 cm³/mol. The molecule has 0 aromatic heterocycles. The summed E-state index contributed by atoms with van der Waals surface area (Å²) in [5.74, 6) is 0.296. The Kier molecular flexibility index (Phi) is 8.55. The van der Waals surface area contributed by atoms with E-state index in [2.05, 4.69) is 35.3 Å². The number of amides is 1. The predicted octanol–water partition coefficient (Wildman–Crippen LogP) is 4.50. The van der Waals surface area contributed by atoms with Crippen LogP contribution in [0.1, 0.15) is 48.2 Å². The molecule has 1 aliphatic rings. The first-order valence-electron chi connectivity index (χ1n) is 10.9.